The molecular formula is C11H14O4. The van der Waals surface area contributed by atoms with E-state index in [-0.39, 0.29) is 5.97 Å². The van der Waals surface area contributed by atoms with Crippen molar-refractivity contribution in [3.8, 4) is 5.75 Å². The predicted molar refractivity (Wildman–Crippen MR) is 57.2 cm³/mol. The zero-order chi connectivity index (χ0) is 11.7. The normalized spacial score (nSPS) is 8.13. The lowest BCUT2D eigenvalue weighted by atomic mass is 10.2. The van der Waals surface area contributed by atoms with Gasteiger partial charge in [0.25, 0.3) is 0 Å². The lowest BCUT2D eigenvalue weighted by Crippen LogP contribution is -2.03. The van der Waals surface area contributed by atoms with Crippen LogP contribution < -0.4 is 4.74 Å². The largest absolute Gasteiger partial charge is 0.516 e. The maximum absolute atomic E-state index is 11.1. The van der Waals surface area contributed by atoms with Gasteiger partial charge in [-0.2, -0.15) is 0 Å². The van der Waals surface area contributed by atoms with Crippen LogP contribution in [0.2, 0.25) is 0 Å². The van der Waals surface area contributed by atoms with E-state index < -0.39 is 0 Å². The number of carbonyl (C=O) groups excluding carboxylic acids is 1. The van der Waals surface area contributed by atoms with E-state index in [2.05, 4.69) is 11.3 Å². The van der Waals surface area contributed by atoms with Crippen LogP contribution in [0.25, 0.3) is 0 Å². The first kappa shape index (κ1) is 13.0. The number of hydrogen-bond donors (Lipinski definition) is 1. The van der Waals surface area contributed by atoms with Gasteiger partial charge < -0.3 is 14.6 Å². The molecule has 0 amide bonds. The van der Waals surface area contributed by atoms with Gasteiger partial charge >= 0.3 is 5.97 Å². The zero-order valence-electron chi connectivity index (χ0n) is 8.77. The number of methoxy groups -OCH3 is 2. The van der Waals surface area contributed by atoms with Crippen molar-refractivity contribution >= 4 is 5.97 Å². The van der Waals surface area contributed by atoms with Gasteiger partial charge in [-0.1, -0.05) is 18.7 Å². The summed E-state index contributed by atoms with van der Waals surface area (Å²) in [4.78, 5) is 11.1. The van der Waals surface area contributed by atoms with Crippen LogP contribution in [0.15, 0.2) is 37.1 Å². The number of benzene rings is 1. The molecule has 0 spiro atoms. The molecule has 0 aromatic heterocycles. The number of aliphatic hydroxyl groups is 1. The highest BCUT2D eigenvalue weighted by Crippen LogP contribution is 2.17. The van der Waals surface area contributed by atoms with Gasteiger partial charge in [0.1, 0.15) is 11.3 Å². The highest BCUT2D eigenvalue weighted by Gasteiger charge is 2.10. The molecule has 4 heteroatoms. The molecule has 1 aromatic carbocycles. The van der Waals surface area contributed by atoms with E-state index in [1.165, 1.54) is 14.2 Å². The summed E-state index contributed by atoms with van der Waals surface area (Å²) in [6.07, 6.45) is 0.750. The number of esters is 1. The fraction of sp³-hybridized carbons (Fsp3) is 0.182. The van der Waals surface area contributed by atoms with Gasteiger partial charge in [0.05, 0.1) is 20.5 Å². The van der Waals surface area contributed by atoms with E-state index in [4.69, 9.17) is 9.84 Å². The Balaban J connectivity index is 0.000000583. The molecule has 0 aliphatic rings. The summed E-state index contributed by atoms with van der Waals surface area (Å²) in [7, 11) is 2.86. The monoisotopic (exact) mass is 210 g/mol. The summed E-state index contributed by atoms with van der Waals surface area (Å²) < 4.78 is 9.53. The number of para-hydroxylation sites is 1. The third kappa shape index (κ3) is 4.17. The van der Waals surface area contributed by atoms with Crippen LogP contribution in [0.1, 0.15) is 10.4 Å². The van der Waals surface area contributed by atoms with Gasteiger partial charge in [-0.25, -0.2) is 4.79 Å². The Kier molecular flexibility index (Phi) is 6.46. The molecule has 15 heavy (non-hydrogen) atoms. The Labute approximate surface area is 88.8 Å². The number of carbonyl (C=O) groups is 1. The SMILES string of the molecule is C=CO.COC(=O)c1ccccc1OC. The second-order valence-electron chi connectivity index (χ2n) is 2.37. The Morgan fingerprint density at radius 2 is 1.93 bits per heavy atom. The summed E-state index contributed by atoms with van der Waals surface area (Å²) in [5.41, 5.74) is 0.447. The summed E-state index contributed by atoms with van der Waals surface area (Å²) in [6.45, 7) is 2.92. The maximum atomic E-state index is 11.1. The molecule has 0 fully saturated rings. The fourth-order valence-electron chi connectivity index (χ4n) is 0.923. The van der Waals surface area contributed by atoms with Gasteiger partial charge in [0.15, 0.2) is 0 Å². The minimum Gasteiger partial charge on any atom is -0.516 e. The van der Waals surface area contributed by atoms with Crippen molar-refractivity contribution in [2.24, 2.45) is 0 Å². The topological polar surface area (TPSA) is 55.8 Å². The quantitative estimate of drug-likeness (QED) is 0.600. The third-order valence-electron chi connectivity index (χ3n) is 1.51. The van der Waals surface area contributed by atoms with Gasteiger partial charge in [0, 0.05) is 0 Å². The van der Waals surface area contributed by atoms with Crippen LogP contribution in [-0.2, 0) is 4.74 Å². The van der Waals surface area contributed by atoms with E-state index in [1.54, 1.807) is 24.3 Å². The Hall–Kier alpha value is -1.97. The van der Waals surface area contributed by atoms with Crippen LogP contribution in [0.3, 0.4) is 0 Å². The molecule has 1 rings (SSSR count). The van der Waals surface area contributed by atoms with Crippen molar-refractivity contribution in [1.82, 2.24) is 0 Å². The second kappa shape index (κ2) is 7.44. The van der Waals surface area contributed by atoms with Crippen LogP contribution >= 0.6 is 0 Å². The molecule has 82 valence electrons. The number of hydrogen-bond acceptors (Lipinski definition) is 4. The molecule has 0 atom stereocenters. The summed E-state index contributed by atoms with van der Waals surface area (Å²) in [5.74, 6) is 0.150. The average molecular weight is 210 g/mol. The van der Waals surface area contributed by atoms with Gasteiger partial charge in [-0.3, -0.25) is 0 Å². The number of rotatable bonds is 2. The molecule has 0 aliphatic heterocycles. The Morgan fingerprint density at radius 3 is 2.40 bits per heavy atom. The summed E-state index contributed by atoms with van der Waals surface area (Å²) in [5, 5.41) is 7.33. The van der Waals surface area contributed by atoms with Crippen LogP contribution in [0.4, 0.5) is 0 Å². The fourth-order valence-corrected chi connectivity index (χ4v) is 0.923. The smallest absolute Gasteiger partial charge is 0.341 e. The van der Waals surface area contributed by atoms with E-state index >= 15 is 0 Å². The van der Waals surface area contributed by atoms with E-state index in [0.29, 0.717) is 11.3 Å². The number of aliphatic hydroxyl groups excluding tert-OH is 1. The number of ether oxygens (including phenoxy) is 2. The Morgan fingerprint density at radius 1 is 1.40 bits per heavy atom. The van der Waals surface area contributed by atoms with Crippen molar-refractivity contribution in [2.75, 3.05) is 14.2 Å². The molecule has 0 unspecified atom stereocenters. The molecule has 0 heterocycles. The molecule has 0 aliphatic carbocycles. The third-order valence-corrected chi connectivity index (χ3v) is 1.51. The molecule has 4 nitrogen and oxygen atoms in total. The van der Waals surface area contributed by atoms with E-state index in [1.807, 2.05) is 0 Å². The lowest BCUT2D eigenvalue weighted by molar-refractivity contribution is 0.0597. The van der Waals surface area contributed by atoms with Crippen molar-refractivity contribution in [1.29, 1.82) is 0 Å². The van der Waals surface area contributed by atoms with Gasteiger partial charge in [-0.15, -0.1) is 0 Å². The maximum Gasteiger partial charge on any atom is 0.341 e. The summed E-state index contributed by atoms with van der Waals surface area (Å²) in [6, 6.07) is 6.93. The van der Waals surface area contributed by atoms with Crippen LogP contribution in [-0.4, -0.2) is 25.3 Å². The minimum absolute atomic E-state index is 0.382. The van der Waals surface area contributed by atoms with Crippen molar-refractivity contribution in [2.45, 2.75) is 0 Å². The standard InChI is InChI=1S/C9H10O3.C2H4O/c1-11-8-6-4-3-5-7(8)9(10)12-2;1-2-3/h3-6H,1-2H3;2-3H,1H2. The molecule has 0 saturated heterocycles. The molecule has 0 radical (unpaired) electrons. The van der Waals surface area contributed by atoms with E-state index in [0.717, 1.165) is 6.26 Å². The highest BCUT2D eigenvalue weighted by molar-refractivity contribution is 5.92. The molecule has 0 bridgehead atoms. The highest BCUT2D eigenvalue weighted by atomic mass is 16.5. The van der Waals surface area contributed by atoms with Crippen molar-refractivity contribution < 1.29 is 19.4 Å². The zero-order valence-corrected chi connectivity index (χ0v) is 8.77. The first-order chi connectivity index (χ1) is 7.21. The van der Waals surface area contributed by atoms with Crippen molar-refractivity contribution in [3.05, 3.63) is 42.7 Å². The molecule has 1 N–H and O–H groups in total. The molecule has 1 aromatic rings. The first-order valence-electron chi connectivity index (χ1n) is 4.17. The van der Waals surface area contributed by atoms with Crippen molar-refractivity contribution in [3.63, 3.8) is 0 Å². The molecular weight excluding hydrogens is 196 g/mol. The van der Waals surface area contributed by atoms with Gasteiger partial charge in [0.2, 0.25) is 0 Å². The van der Waals surface area contributed by atoms with Crippen LogP contribution in [0.5, 0.6) is 5.75 Å². The van der Waals surface area contributed by atoms with E-state index in [9.17, 15) is 4.79 Å². The first-order valence-corrected chi connectivity index (χ1v) is 4.17. The molecule has 0 saturated carbocycles. The average Bonchev–Trinajstić information content (AvgIpc) is 2.29. The minimum atomic E-state index is -0.382. The summed E-state index contributed by atoms with van der Waals surface area (Å²) >= 11 is 0. The predicted octanol–water partition coefficient (Wildman–Crippen LogP) is 2.17. The Bertz CT molecular complexity index is 320. The second-order valence-corrected chi connectivity index (χ2v) is 2.37. The van der Waals surface area contributed by atoms with Crippen LogP contribution in [0, 0.1) is 0 Å². The van der Waals surface area contributed by atoms with Gasteiger partial charge in [-0.05, 0) is 12.1 Å². The lowest BCUT2D eigenvalue weighted by Gasteiger charge is -2.04.